The largest absolute Gasteiger partial charge is 0.586 e. The highest BCUT2D eigenvalue weighted by Gasteiger charge is 2.43. The molecule has 9 heteroatoms. The number of nitrogens with two attached hydrogens (primary N) is 1. The molecule has 0 unspecified atom stereocenters. The summed E-state index contributed by atoms with van der Waals surface area (Å²) in [7, 11) is 0. The van der Waals surface area contributed by atoms with Crippen LogP contribution in [-0.4, -0.2) is 24.8 Å². The van der Waals surface area contributed by atoms with E-state index in [9.17, 15) is 18.4 Å². The Morgan fingerprint density at radius 1 is 1.26 bits per heavy atom. The third kappa shape index (κ3) is 3.21. The van der Waals surface area contributed by atoms with Crippen molar-refractivity contribution in [2.75, 3.05) is 11.9 Å². The summed E-state index contributed by atoms with van der Waals surface area (Å²) in [5, 5.41) is 4.45. The first-order valence-electron chi connectivity index (χ1n) is 5.09. The number of benzene rings is 1. The van der Waals surface area contributed by atoms with Crippen molar-refractivity contribution in [1.29, 1.82) is 0 Å². The van der Waals surface area contributed by atoms with E-state index >= 15 is 0 Å². The summed E-state index contributed by atoms with van der Waals surface area (Å²) in [6, 6.07) is 2.96. The molecule has 1 aromatic rings. The number of halogens is 2. The lowest BCUT2D eigenvalue weighted by atomic mass is 10.3. The van der Waals surface area contributed by atoms with Gasteiger partial charge in [-0.2, -0.15) is 0 Å². The first-order valence-corrected chi connectivity index (χ1v) is 5.09. The van der Waals surface area contributed by atoms with Crippen molar-refractivity contribution in [3.63, 3.8) is 0 Å². The lowest BCUT2D eigenvalue weighted by molar-refractivity contribution is -0.286. The van der Waals surface area contributed by atoms with Gasteiger partial charge in [-0.15, -0.1) is 8.78 Å². The molecule has 0 spiro atoms. The van der Waals surface area contributed by atoms with E-state index in [0.717, 1.165) is 0 Å². The van der Waals surface area contributed by atoms with Gasteiger partial charge in [0.05, 0.1) is 6.54 Å². The lowest BCUT2D eigenvalue weighted by Gasteiger charge is -2.06. The van der Waals surface area contributed by atoms with Gasteiger partial charge in [0.25, 0.3) is 0 Å². The van der Waals surface area contributed by atoms with Gasteiger partial charge in [-0.05, 0) is 12.1 Å². The average molecular weight is 273 g/mol. The molecule has 0 fully saturated rings. The number of urea groups is 1. The van der Waals surface area contributed by atoms with Gasteiger partial charge in [-0.3, -0.25) is 10.1 Å². The lowest BCUT2D eigenvalue weighted by Crippen LogP contribution is -2.38. The zero-order valence-electron chi connectivity index (χ0n) is 9.41. The Balaban J connectivity index is 1.97. The molecule has 3 amide bonds. The first-order chi connectivity index (χ1) is 8.85. The standard InChI is InChI=1S/C10H9F2N3O4/c11-10(12)18-6-2-1-5(3-7(6)19-10)14-4-8(16)15-9(13)17/h1-3,14H,4H2,(H3,13,15,16,17). The Morgan fingerprint density at radius 2 is 1.95 bits per heavy atom. The molecule has 0 aromatic heterocycles. The number of primary amides is 1. The van der Waals surface area contributed by atoms with Crippen LogP contribution in [0.1, 0.15) is 0 Å². The Labute approximate surface area is 105 Å². The molecule has 2 rings (SSSR count). The number of rotatable bonds is 3. The average Bonchev–Trinajstić information content (AvgIpc) is 2.58. The van der Waals surface area contributed by atoms with Crippen LogP contribution in [0, 0.1) is 0 Å². The minimum Gasteiger partial charge on any atom is -0.395 e. The number of carbonyl (C=O) groups is 2. The molecule has 7 nitrogen and oxygen atoms in total. The number of anilines is 1. The van der Waals surface area contributed by atoms with Gasteiger partial charge in [-0.25, -0.2) is 4.79 Å². The van der Waals surface area contributed by atoms with Crippen LogP contribution in [0.2, 0.25) is 0 Å². The first kappa shape index (κ1) is 12.9. The maximum Gasteiger partial charge on any atom is 0.586 e. The summed E-state index contributed by atoms with van der Waals surface area (Å²) < 4.78 is 33.9. The number of amides is 3. The van der Waals surface area contributed by atoms with Crippen LogP contribution in [0.3, 0.4) is 0 Å². The fourth-order valence-electron chi connectivity index (χ4n) is 1.42. The quantitative estimate of drug-likeness (QED) is 0.749. The number of nitrogens with one attached hydrogen (secondary N) is 2. The minimum absolute atomic E-state index is 0.0999. The Kier molecular flexibility index (Phi) is 3.11. The molecular formula is C10H9F2N3O4. The number of alkyl halides is 2. The second kappa shape index (κ2) is 4.59. The summed E-state index contributed by atoms with van der Waals surface area (Å²) in [5.41, 5.74) is 5.09. The highest BCUT2D eigenvalue weighted by molar-refractivity contribution is 5.95. The molecular weight excluding hydrogens is 264 g/mol. The molecule has 4 N–H and O–H groups in total. The van der Waals surface area contributed by atoms with Crippen molar-refractivity contribution in [3.8, 4) is 11.5 Å². The van der Waals surface area contributed by atoms with Crippen LogP contribution in [0.5, 0.6) is 11.5 Å². The predicted octanol–water partition coefficient (Wildman–Crippen LogP) is 0.615. The third-order valence-electron chi connectivity index (χ3n) is 2.12. The van der Waals surface area contributed by atoms with E-state index < -0.39 is 18.2 Å². The fraction of sp³-hybridized carbons (Fsp3) is 0.200. The summed E-state index contributed by atoms with van der Waals surface area (Å²) >= 11 is 0. The van der Waals surface area contributed by atoms with Crippen molar-refractivity contribution in [2.45, 2.75) is 6.29 Å². The summed E-state index contributed by atoms with van der Waals surface area (Å²) in [6.45, 7) is -0.251. The number of hydrogen-bond acceptors (Lipinski definition) is 5. The van der Waals surface area contributed by atoms with Crippen molar-refractivity contribution in [1.82, 2.24) is 5.32 Å². The van der Waals surface area contributed by atoms with Crippen LogP contribution >= 0.6 is 0 Å². The van der Waals surface area contributed by atoms with Crippen molar-refractivity contribution < 1.29 is 27.8 Å². The number of imide groups is 1. The molecule has 0 saturated carbocycles. The van der Waals surface area contributed by atoms with Gasteiger partial charge in [0, 0.05) is 11.8 Å². The fourth-order valence-corrected chi connectivity index (χ4v) is 1.42. The van der Waals surface area contributed by atoms with E-state index in [1.54, 1.807) is 0 Å². The highest BCUT2D eigenvalue weighted by Crippen LogP contribution is 2.42. The topological polar surface area (TPSA) is 103 Å². The van der Waals surface area contributed by atoms with Crippen LogP contribution < -0.4 is 25.8 Å². The van der Waals surface area contributed by atoms with E-state index in [4.69, 9.17) is 5.73 Å². The molecule has 19 heavy (non-hydrogen) atoms. The van der Waals surface area contributed by atoms with Crippen LogP contribution in [0.4, 0.5) is 19.3 Å². The van der Waals surface area contributed by atoms with Gasteiger partial charge in [0.15, 0.2) is 11.5 Å². The summed E-state index contributed by atoms with van der Waals surface area (Å²) in [5.74, 6) is -0.905. The Hall–Kier alpha value is -2.58. The molecule has 102 valence electrons. The van der Waals surface area contributed by atoms with Crippen molar-refractivity contribution >= 4 is 17.6 Å². The summed E-state index contributed by atoms with van der Waals surface area (Å²) in [4.78, 5) is 21.5. The molecule has 1 aliphatic heterocycles. The number of hydrogen-bond donors (Lipinski definition) is 3. The smallest absolute Gasteiger partial charge is 0.395 e. The molecule has 0 radical (unpaired) electrons. The van der Waals surface area contributed by atoms with E-state index in [1.807, 2.05) is 5.32 Å². The van der Waals surface area contributed by atoms with Crippen LogP contribution in [0.25, 0.3) is 0 Å². The zero-order valence-corrected chi connectivity index (χ0v) is 9.41. The number of fused-ring (bicyclic) bond motifs is 1. The van der Waals surface area contributed by atoms with E-state index in [-0.39, 0.29) is 18.0 Å². The molecule has 0 aliphatic carbocycles. The second-order valence-electron chi connectivity index (χ2n) is 3.59. The number of carbonyl (C=O) groups excluding carboxylic acids is 2. The van der Waals surface area contributed by atoms with Gasteiger partial charge >= 0.3 is 12.3 Å². The third-order valence-corrected chi connectivity index (χ3v) is 2.12. The van der Waals surface area contributed by atoms with Crippen molar-refractivity contribution in [2.24, 2.45) is 5.73 Å². The normalized spacial score (nSPS) is 14.8. The Bertz CT molecular complexity index is 536. The molecule has 1 aromatic carbocycles. The van der Waals surface area contributed by atoms with E-state index in [2.05, 4.69) is 14.8 Å². The molecule has 0 saturated heterocycles. The van der Waals surface area contributed by atoms with Crippen molar-refractivity contribution in [3.05, 3.63) is 18.2 Å². The molecule has 1 aliphatic rings. The maximum absolute atomic E-state index is 12.7. The van der Waals surface area contributed by atoms with Gasteiger partial charge in [0.1, 0.15) is 0 Å². The van der Waals surface area contributed by atoms with E-state index in [0.29, 0.717) is 5.69 Å². The van der Waals surface area contributed by atoms with Gasteiger partial charge in [-0.1, -0.05) is 0 Å². The zero-order chi connectivity index (χ0) is 14.0. The highest BCUT2D eigenvalue weighted by atomic mass is 19.3. The van der Waals surface area contributed by atoms with Gasteiger partial charge < -0.3 is 20.5 Å². The molecule has 0 atom stereocenters. The minimum atomic E-state index is -3.69. The second-order valence-corrected chi connectivity index (χ2v) is 3.59. The molecule has 0 bridgehead atoms. The SMILES string of the molecule is NC(=O)NC(=O)CNc1ccc2c(c1)OC(F)(F)O2. The predicted molar refractivity (Wildman–Crippen MR) is 58.9 cm³/mol. The summed E-state index contributed by atoms with van der Waals surface area (Å²) in [6.07, 6.45) is -3.69. The van der Waals surface area contributed by atoms with Gasteiger partial charge in [0.2, 0.25) is 5.91 Å². The monoisotopic (exact) mass is 273 g/mol. The van der Waals surface area contributed by atoms with E-state index in [1.165, 1.54) is 18.2 Å². The van der Waals surface area contributed by atoms with Crippen LogP contribution in [-0.2, 0) is 4.79 Å². The maximum atomic E-state index is 12.7. The number of ether oxygens (including phenoxy) is 2. The van der Waals surface area contributed by atoms with Crippen LogP contribution in [0.15, 0.2) is 18.2 Å². The molecule has 1 heterocycles. The Morgan fingerprint density at radius 3 is 2.63 bits per heavy atom.